The molecule has 0 atom stereocenters. The number of benzene rings is 3. The summed E-state index contributed by atoms with van der Waals surface area (Å²) in [5.41, 5.74) is 3.13. The first-order valence-corrected chi connectivity index (χ1v) is 10.4. The minimum Gasteiger partial charge on any atom is -0.478 e. The number of piperazine rings is 1. The van der Waals surface area contributed by atoms with Gasteiger partial charge in [0, 0.05) is 37.6 Å². The van der Waals surface area contributed by atoms with Gasteiger partial charge in [-0.1, -0.05) is 24.3 Å². The quantitative estimate of drug-likeness (QED) is 0.624. The van der Waals surface area contributed by atoms with Gasteiger partial charge in [-0.15, -0.1) is 0 Å². The molecule has 1 saturated heterocycles. The van der Waals surface area contributed by atoms with E-state index in [0.29, 0.717) is 0 Å². The van der Waals surface area contributed by atoms with Gasteiger partial charge in [-0.05, 0) is 55.0 Å². The van der Waals surface area contributed by atoms with E-state index >= 15 is 0 Å². The van der Waals surface area contributed by atoms with Gasteiger partial charge in [0.05, 0.1) is 16.8 Å². The topological polar surface area (TPSA) is 72.9 Å². The molecule has 7 heteroatoms. The number of hydrogen-bond donors (Lipinski definition) is 2. The molecule has 0 spiro atoms. The molecule has 164 valence electrons. The van der Waals surface area contributed by atoms with Crippen molar-refractivity contribution in [1.29, 1.82) is 0 Å². The number of aryl methyl sites for hydroxylation is 1. The van der Waals surface area contributed by atoms with E-state index in [1.165, 1.54) is 29.4 Å². The predicted molar refractivity (Wildman–Crippen MR) is 123 cm³/mol. The highest BCUT2D eigenvalue weighted by atomic mass is 19.1. The number of rotatable bonds is 5. The van der Waals surface area contributed by atoms with Crippen LogP contribution in [0.1, 0.15) is 26.3 Å². The second-order valence-electron chi connectivity index (χ2n) is 7.78. The average Bonchev–Trinajstić information content (AvgIpc) is 2.79. The number of nitrogens with zero attached hydrogens (tertiary/aromatic N) is 2. The number of anilines is 3. The number of carbonyl (C=O) groups is 2. The van der Waals surface area contributed by atoms with Crippen molar-refractivity contribution in [3.63, 3.8) is 0 Å². The number of hydrogen-bond acceptors (Lipinski definition) is 4. The van der Waals surface area contributed by atoms with Gasteiger partial charge in [0.15, 0.2) is 0 Å². The first-order chi connectivity index (χ1) is 15.4. The number of halogens is 1. The summed E-state index contributed by atoms with van der Waals surface area (Å²) in [5.74, 6) is -2.51. The normalized spacial score (nSPS) is 13.7. The Morgan fingerprint density at radius 2 is 1.50 bits per heavy atom. The lowest BCUT2D eigenvalue weighted by Gasteiger charge is -2.37. The number of amides is 1. The van der Waals surface area contributed by atoms with Crippen molar-refractivity contribution in [2.75, 3.05) is 41.3 Å². The number of carbonyl (C=O) groups excluding carboxylic acids is 1. The fraction of sp³-hybridized carbons (Fsp3) is 0.200. The zero-order valence-corrected chi connectivity index (χ0v) is 17.7. The highest BCUT2D eigenvalue weighted by molar-refractivity contribution is 6.08. The van der Waals surface area contributed by atoms with Crippen molar-refractivity contribution < 1.29 is 19.1 Å². The zero-order valence-electron chi connectivity index (χ0n) is 17.7. The highest BCUT2D eigenvalue weighted by Gasteiger charge is 2.21. The van der Waals surface area contributed by atoms with Crippen LogP contribution >= 0.6 is 0 Å². The van der Waals surface area contributed by atoms with Gasteiger partial charge in [-0.2, -0.15) is 0 Å². The third kappa shape index (κ3) is 4.56. The molecule has 2 N–H and O–H groups in total. The number of carboxylic acid groups (broad SMARTS) is 1. The van der Waals surface area contributed by atoms with Crippen molar-refractivity contribution in [3.05, 3.63) is 89.2 Å². The van der Waals surface area contributed by atoms with Crippen LogP contribution in [0, 0.1) is 12.7 Å². The van der Waals surface area contributed by atoms with E-state index < -0.39 is 17.7 Å². The van der Waals surface area contributed by atoms with Crippen LogP contribution in [-0.2, 0) is 0 Å². The second kappa shape index (κ2) is 9.09. The third-order valence-electron chi connectivity index (χ3n) is 5.61. The predicted octanol–water partition coefficient (Wildman–Crippen LogP) is 4.41. The smallest absolute Gasteiger partial charge is 0.337 e. The molecule has 1 amide bonds. The third-order valence-corrected chi connectivity index (χ3v) is 5.61. The summed E-state index contributed by atoms with van der Waals surface area (Å²) in [6.07, 6.45) is 0. The molecule has 0 aromatic heterocycles. The maximum absolute atomic E-state index is 13.9. The lowest BCUT2D eigenvalue weighted by Crippen LogP contribution is -2.46. The molecule has 1 aliphatic rings. The van der Waals surface area contributed by atoms with Gasteiger partial charge in [0.1, 0.15) is 5.82 Å². The van der Waals surface area contributed by atoms with Crippen LogP contribution in [0.15, 0.2) is 66.7 Å². The van der Waals surface area contributed by atoms with E-state index in [0.717, 1.165) is 31.9 Å². The summed E-state index contributed by atoms with van der Waals surface area (Å²) in [6.45, 7) is 5.19. The Hall–Kier alpha value is -3.87. The Morgan fingerprint density at radius 1 is 0.844 bits per heavy atom. The summed E-state index contributed by atoms with van der Waals surface area (Å²) in [5, 5.41) is 12.2. The van der Waals surface area contributed by atoms with Crippen LogP contribution in [-0.4, -0.2) is 43.2 Å². The Kier molecular flexibility index (Phi) is 6.07. The molecule has 1 fully saturated rings. The molecule has 1 heterocycles. The largest absolute Gasteiger partial charge is 0.478 e. The van der Waals surface area contributed by atoms with Crippen molar-refractivity contribution in [3.8, 4) is 0 Å². The summed E-state index contributed by atoms with van der Waals surface area (Å²) in [7, 11) is 0. The molecular formula is C25H24FN3O3. The molecule has 32 heavy (non-hydrogen) atoms. The van der Waals surface area contributed by atoms with Crippen molar-refractivity contribution in [2.45, 2.75) is 6.92 Å². The number of carboxylic acids is 1. The van der Waals surface area contributed by atoms with Crippen LogP contribution in [0.3, 0.4) is 0 Å². The summed E-state index contributed by atoms with van der Waals surface area (Å²) in [4.78, 5) is 28.7. The lowest BCUT2D eigenvalue weighted by molar-refractivity contribution is 0.0698. The molecule has 0 radical (unpaired) electrons. The van der Waals surface area contributed by atoms with Crippen LogP contribution in [0.2, 0.25) is 0 Å². The van der Waals surface area contributed by atoms with Crippen molar-refractivity contribution >= 4 is 28.9 Å². The first-order valence-electron chi connectivity index (χ1n) is 10.4. The monoisotopic (exact) mass is 433 g/mol. The van der Waals surface area contributed by atoms with E-state index in [-0.39, 0.29) is 16.8 Å². The van der Waals surface area contributed by atoms with E-state index in [2.05, 4.69) is 40.2 Å². The van der Waals surface area contributed by atoms with Crippen LogP contribution in [0.4, 0.5) is 21.5 Å². The van der Waals surface area contributed by atoms with Gasteiger partial charge in [0.2, 0.25) is 0 Å². The molecule has 3 aromatic rings. The van der Waals surface area contributed by atoms with Gasteiger partial charge in [-0.3, -0.25) is 4.79 Å². The van der Waals surface area contributed by atoms with Crippen LogP contribution in [0.5, 0.6) is 0 Å². The van der Waals surface area contributed by atoms with Crippen LogP contribution < -0.4 is 15.1 Å². The molecule has 4 rings (SSSR count). The zero-order chi connectivity index (χ0) is 22.7. The van der Waals surface area contributed by atoms with Crippen molar-refractivity contribution in [1.82, 2.24) is 0 Å². The maximum atomic E-state index is 13.9. The molecule has 0 aliphatic carbocycles. The van der Waals surface area contributed by atoms with E-state index in [9.17, 15) is 19.1 Å². The van der Waals surface area contributed by atoms with Gasteiger partial charge in [-0.25, -0.2) is 9.18 Å². The Bertz CT molecular complexity index is 1160. The molecule has 3 aromatic carbocycles. The van der Waals surface area contributed by atoms with E-state index in [1.807, 2.05) is 6.07 Å². The SMILES string of the molecule is Cc1cccc(N2CCN(c3ccc(NC(=O)c4ccccc4F)c(C(=O)O)c3)CC2)c1. The Labute approximate surface area is 185 Å². The van der Waals surface area contributed by atoms with Gasteiger partial charge in [0.25, 0.3) is 5.91 Å². The molecule has 0 unspecified atom stereocenters. The number of nitrogens with one attached hydrogen (secondary N) is 1. The first kappa shape index (κ1) is 21.4. The second-order valence-corrected chi connectivity index (χ2v) is 7.78. The molecular weight excluding hydrogens is 409 g/mol. The van der Waals surface area contributed by atoms with Crippen molar-refractivity contribution in [2.24, 2.45) is 0 Å². The van der Waals surface area contributed by atoms with Gasteiger partial charge < -0.3 is 20.2 Å². The Morgan fingerprint density at radius 3 is 2.12 bits per heavy atom. The molecule has 0 saturated carbocycles. The fourth-order valence-electron chi connectivity index (χ4n) is 3.90. The van der Waals surface area contributed by atoms with E-state index in [4.69, 9.17) is 0 Å². The van der Waals surface area contributed by atoms with Gasteiger partial charge >= 0.3 is 5.97 Å². The standard InChI is InChI=1S/C25H24FN3O3/c1-17-5-4-6-18(15-17)28-11-13-29(14-12-28)19-9-10-23(21(16-19)25(31)32)27-24(30)20-7-2-3-8-22(20)26/h2-10,15-16H,11-14H2,1H3,(H,27,30)(H,31,32). The lowest BCUT2D eigenvalue weighted by atomic mass is 10.1. The summed E-state index contributed by atoms with van der Waals surface area (Å²) < 4.78 is 13.9. The maximum Gasteiger partial charge on any atom is 0.337 e. The summed E-state index contributed by atoms with van der Waals surface area (Å²) >= 11 is 0. The summed E-state index contributed by atoms with van der Waals surface area (Å²) in [6, 6.07) is 18.9. The van der Waals surface area contributed by atoms with E-state index in [1.54, 1.807) is 24.3 Å². The Balaban J connectivity index is 1.49. The number of aromatic carboxylic acids is 1. The fourth-order valence-corrected chi connectivity index (χ4v) is 3.90. The average molecular weight is 433 g/mol. The molecule has 1 aliphatic heterocycles. The van der Waals surface area contributed by atoms with Crippen LogP contribution in [0.25, 0.3) is 0 Å². The molecule has 6 nitrogen and oxygen atoms in total. The minimum atomic E-state index is -1.16. The molecule has 0 bridgehead atoms. The minimum absolute atomic E-state index is 0.0340. The highest BCUT2D eigenvalue weighted by Crippen LogP contribution is 2.26.